The molecule has 0 aliphatic heterocycles. The summed E-state index contributed by atoms with van der Waals surface area (Å²) in [7, 11) is 0. The molecule has 24 heavy (non-hydrogen) atoms. The van der Waals surface area contributed by atoms with Gasteiger partial charge in [0, 0.05) is 17.6 Å². The Morgan fingerprint density at radius 3 is 1.88 bits per heavy atom. The normalized spacial score (nSPS) is 17.5. The fourth-order valence-corrected chi connectivity index (χ4v) is 2.95. The number of hydrogen-bond donors (Lipinski definition) is 3. The van der Waals surface area contributed by atoms with Crippen LogP contribution in [0.4, 0.5) is 0 Å². The van der Waals surface area contributed by atoms with Crippen LogP contribution in [-0.4, -0.2) is 37.3 Å². The first-order valence-electron chi connectivity index (χ1n) is 10.4. The Morgan fingerprint density at radius 2 is 1.29 bits per heavy atom. The van der Waals surface area contributed by atoms with Crippen molar-refractivity contribution in [2.75, 3.05) is 19.6 Å². The Morgan fingerprint density at radius 1 is 0.708 bits per heavy atom. The molecule has 0 amide bonds. The molecule has 0 radical (unpaired) electrons. The van der Waals surface area contributed by atoms with Gasteiger partial charge >= 0.3 is 0 Å². The summed E-state index contributed by atoms with van der Waals surface area (Å²) in [5.41, 5.74) is 0.239. The molecule has 0 rings (SSSR count). The fraction of sp³-hybridized carbons (Fsp3) is 1.00. The molecule has 0 spiro atoms. The van der Waals surface area contributed by atoms with Crippen LogP contribution in [0.3, 0.4) is 0 Å². The Hall–Kier alpha value is -0.120. The van der Waals surface area contributed by atoms with Gasteiger partial charge in [0.25, 0.3) is 0 Å². The van der Waals surface area contributed by atoms with E-state index in [1.807, 2.05) is 0 Å². The molecule has 0 aromatic rings. The van der Waals surface area contributed by atoms with Crippen molar-refractivity contribution in [2.24, 2.45) is 11.8 Å². The minimum absolute atomic E-state index is 0.239. The summed E-state index contributed by atoms with van der Waals surface area (Å²) < 4.78 is 0. The van der Waals surface area contributed by atoms with Crippen LogP contribution < -0.4 is 16.0 Å². The van der Waals surface area contributed by atoms with Crippen LogP contribution in [0.25, 0.3) is 0 Å². The van der Waals surface area contributed by atoms with Crippen LogP contribution in [0.2, 0.25) is 0 Å². The lowest BCUT2D eigenvalue weighted by molar-refractivity contribution is 0.354. The van der Waals surface area contributed by atoms with E-state index in [0.717, 1.165) is 31.5 Å². The molecule has 0 aliphatic carbocycles. The predicted octanol–water partition coefficient (Wildman–Crippen LogP) is 4.57. The Kier molecular flexibility index (Phi) is 13.1. The van der Waals surface area contributed by atoms with Gasteiger partial charge in [-0.2, -0.15) is 0 Å². The molecule has 0 fully saturated rings. The minimum atomic E-state index is 0.239. The highest BCUT2D eigenvalue weighted by Crippen LogP contribution is 2.12. The smallest absolute Gasteiger partial charge is 0.00966 e. The van der Waals surface area contributed by atoms with E-state index in [1.54, 1.807) is 0 Å². The quantitative estimate of drug-likeness (QED) is 0.433. The summed E-state index contributed by atoms with van der Waals surface area (Å²) in [6, 6.07) is 1.29. The molecule has 4 atom stereocenters. The molecule has 146 valence electrons. The van der Waals surface area contributed by atoms with Gasteiger partial charge in [-0.1, -0.05) is 27.2 Å². The highest BCUT2D eigenvalue weighted by molar-refractivity contribution is 4.72. The van der Waals surface area contributed by atoms with Crippen LogP contribution in [0.15, 0.2) is 0 Å². The first-order chi connectivity index (χ1) is 11.1. The zero-order valence-corrected chi connectivity index (χ0v) is 18.0. The first kappa shape index (κ1) is 23.9. The van der Waals surface area contributed by atoms with Crippen molar-refractivity contribution in [2.45, 2.75) is 105 Å². The molecule has 0 aliphatic rings. The minimum Gasteiger partial charge on any atom is -0.315 e. The summed E-state index contributed by atoms with van der Waals surface area (Å²) in [6.07, 6.45) is 6.53. The van der Waals surface area contributed by atoms with E-state index in [1.165, 1.54) is 32.1 Å². The largest absolute Gasteiger partial charge is 0.315 e. The molecule has 0 saturated carbocycles. The van der Waals surface area contributed by atoms with Crippen molar-refractivity contribution >= 4 is 0 Å². The van der Waals surface area contributed by atoms with E-state index >= 15 is 0 Å². The summed E-state index contributed by atoms with van der Waals surface area (Å²) >= 11 is 0. The zero-order valence-electron chi connectivity index (χ0n) is 18.0. The molecule has 4 unspecified atom stereocenters. The lowest BCUT2D eigenvalue weighted by atomic mass is 9.99. The van der Waals surface area contributed by atoms with Gasteiger partial charge in [0.05, 0.1) is 0 Å². The summed E-state index contributed by atoms with van der Waals surface area (Å²) in [6.45, 7) is 21.6. The molecule has 3 N–H and O–H groups in total. The SMILES string of the molecule is CCNC(C)CCC(C)CNC(C)CCCC(C)CNC(C)(C)C. The van der Waals surface area contributed by atoms with Crippen molar-refractivity contribution in [3.05, 3.63) is 0 Å². The summed E-state index contributed by atoms with van der Waals surface area (Å²) in [5.74, 6) is 1.53. The van der Waals surface area contributed by atoms with Crippen LogP contribution in [-0.2, 0) is 0 Å². The zero-order chi connectivity index (χ0) is 18.6. The van der Waals surface area contributed by atoms with Crippen molar-refractivity contribution < 1.29 is 0 Å². The fourth-order valence-electron chi connectivity index (χ4n) is 2.95. The van der Waals surface area contributed by atoms with Gasteiger partial charge in [0.2, 0.25) is 0 Å². The van der Waals surface area contributed by atoms with Crippen LogP contribution in [0, 0.1) is 11.8 Å². The summed E-state index contributed by atoms with van der Waals surface area (Å²) in [5, 5.41) is 10.8. The van der Waals surface area contributed by atoms with Crippen LogP contribution in [0.5, 0.6) is 0 Å². The number of rotatable bonds is 14. The second-order valence-corrected chi connectivity index (χ2v) is 9.12. The highest BCUT2D eigenvalue weighted by atomic mass is 14.9. The van der Waals surface area contributed by atoms with Gasteiger partial charge in [0.1, 0.15) is 0 Å². The van der Waals surface area contributed by atoms with Gasteiger partial charge in [-0.25, -0.2) is 0 Å². The van der Waals surface area contributed by atoms with Crippen LogP contribution >= 0.6 is 0 Å². The van der Waals surface area contributed by atoms with Crippen molar-refractivity contribution in [3.8, 4) is 0 Å². The predicted molar refractivity (Wildman–Crippen MR) is 110 cm³/mol. The standard InChI is InChI=1S/C21H47N3/c1-9-22-20(5)14-13-18(3)15-23-19(4)12-10-11-17(2)16-24-21(6,7)8/h17-20,22-24H,9-16H2,1-8H3. The first-order valence-corrected chi connectivity index (χ1v) is 10.4. The Bertz CT molecular complexity index is 285. The third-order valence-corrected chi connectivity index (χ3v) is 4.77. The van der Waals surface area contributed by atoms with E-state index in [0.29, 0.717) is 12.1 Å². The second kappa shape index (κ2) is 13.1. The third kappa shape index (κ3) is 15.4. The van der Waals surface area contributed by atoms with Gasteiger partial charge in [0.15, 0.2) is 0 Å². The van der Waals surface area contributed by atoms with Crippen molar-refractivity contribution in [1.82, 2.24) is 16.0 Å². The van der Waals surface area contributed by atoms with Crippen molar-refractivity contribution in [3.63, 3.8) is 0 Å². The van der Waals surface area contributed by atoms with E-state index in [9.17, 15) is 0 Å². The van der Waals surface area contributed by atoms with E-state index in [2.05, 4.69) is 71.3 Å². The lowest BCUT2D eigenvalue weighted by Gasteiger charge is -2.24. The third-order valence-electron chi connectivity index (χ3n) is 4.77. The van der Waals surface area contributed by atoms with E-state index in [-0.39, 0.29) is 5.54 Å². The number of hydrogen-bond acceptors (Lipinski definition) is 3. The average molecular weight is 342 g/mol. The molecular formula is C21H47N3. The maximum Gasteiger partial charge on any atom is 0.00966 e. The van der Waals surface area contributed by atoms with Gasteiger partial charge < -0.3 is 16.0 Å². The van der Waals surface area contributed by atoms with Gasteiger partial charge in [-0.15, -0.1) is 0 Å². The maximum atomic E-state index is 3.73. The maximum absolute atomic E-state index is 3.73. The average Bonchev–Trinajstić information content (AvgIpc) is 2.48. The molecule has 0 aromatic carbocycles. The second-order valence-electron chi connectivity index (χ2n) is 9.12. The van der Waals surface area contributed by atoms with Crippen molar-refractivity contribution in [1.29, 1.82) is 0 Å². The molecular weight excluding hydrogens is 294 g/mol. The lowest BCUT2D eigenvalue weighted by Crippen LogP contribution is -2.38. The van der Waals surface area contributed by atoms with Gasteiger partial charge in [-0.3, -0.25) is 0 Å². The Labute approximate surface area is 153 Å². The van der Waals surface area contributed by atoms with E-state index in [4.69, 9.17) is 0 Å². The molecule has 0 saturated heterocycles. The molecule has 0 aromatic heterocycles. The molecule has 3 nitrogen and oxygen atoms in total. The monoisotopic (exact) mass is 341 g/mol. The Balaban J connectivity index is 3.66. The molecule has 0 bridgehead atoms. The molecule has 0 heterocycles. The highest BCUT2D eigenvalue weighted by Gasteiger charge is 2.12. The van der Waals surface area contributed by atoms with Crippen LogP contribution in [0.1, 0.15) is 87.5 Å². The van der Waals surface area contributed by atoms with Gasteiger partial charge in [-0.05, 0) is 91.8 Å². The molecule has 3 heteroatoms. The summed E-state index contributed by atoms with van der Waals surface area (Å²) in [4.78, 5) is 0. The topological polar surface area (TPSA) is 36.1 Å². The van der Waals surface area contributed by atoms with E-state index < -0.39 is 0 Å². The number of nitrogens with one attached hydrogen (secondary N) is 3.